The maximum Gasteiger partial charge on any atom is 0.227 e. The molecule has 1 aromatic carbocycles. The van der Waals surface area contributed by atoms with Gasteiger partial charge in [0.1, 0.15) is 0 Å². The Morgan fingerprint density at radius 1 is 1.53 bits per heavy atom. The second-order valence-electron chi connectivity index (χ2n) is 4.43. The van der Waals surface area contributed by atoms with Crippen molar-refractivity contribution in [2.24, 2.45) is 5.73 Å². The van der Waals surface area contributed by atoms with Crippen molar-refractivity contribution in [3.05, 3.63) is 33.4 Å². The van der Waals surface area contributed by atoms with Crippen LogP contribution in [0.25, 0.3) is 0 Å². The number of nitrogens with zero attached hydrogens (tertiary/aromatic N) is 1. The van der Waals surface area contributed by atoms with Gasteiger partial charge in [0.25, 0.3) is 0 Å². The molecule has 2 N–H and O–H groups in total. The lowest BCUT2D eigenvalue weighted by atomic mass is 10.1. The molecular formula is C13H17IN2O. The van der Waals surface area contributed by atoms with Crippen molar-refractivity contribution in [2.75, 3.05) is 13.1 Å². The van der Waals surface area contributed by atoms with Crippen molar-refractivity contribution >= 4 is 28.5 Å². The number of benzene rings is 1. The van der Waals surface area contributed by atoms with Crippen molar-refractivity contribution in [1.29, 1.82) is 0 Å². The van der Waals surface area contributed by atoms with Crippen molar-refractivity contribution in [3.63, 3.8) is 0 Å². The Morgan fingerprint density at radius 3 is 3.06 bits per heavy atom. The lowest BCUT2D eigenvalue weighted by Gasteiger charge is -2.23. The zero-order chi connectivity index (χ0) is 12.3. The van der Waals surface area contributed by atoms with E-state index >= 15 is 0 Å². The molecule has 3 nitrogen and oxygen atoms in total. The standard InChI is InChI=1S/C13H17IN2O/c14-11-4-1-3-10(7-11)8-13(17)16-6-2-5-12(16)9-15/h1,3-4,7,12H,2,5-6,8-9,15H2. The first-order chi connectivity index (χ1) is 8.20. The van der Waals surface area contributed by atoms with Gasteiger partial charge >= 0.3 is 0 Å². The molecule has 0 aromatic heterocycles. The molecule has 1 amide bonds. The Labute approximate surface area is 116 Å². The summed E-state index contributed by atoms with van der Waals surface area (Å²) in [4.78, 5) is 14.1. The van der Waals surface area contributed by atoms with Gasteiger partial charge in [-0.15, -0.1) is 0 Å². The molecule has 0 bridgehead atoms. The van der Waals surface area contributed by atoms with Crippen LogP contribution in [0, 0.1) is 3.57 Å². The lowest BCUT2D eigenvalue weighted by molar-refractivity contribution is -0.131. The summed E-state index contributed by atoms with van der Waals surface area (Å²) in [5, 5.41) is 0. The van der Waals surface area contributed by atoms with E-state index in [1.807, 2.05) is 23.1 Å². The van der Waals surface area contributed by atoms with Gasteiger partial charge < -0.3 is 10.6 Å². The molecule has 0 saturated carbocycles. The minimum Gasteiger partial charge on any atom is -0.338 e. The second kappa shape index (κ2) is 5.82. The smallest absolute Gasteiger partial charge is 0.227 e. The van der Waals surface area contributed by atoms with Gasteiger partial charge in [-0.25, -0.2) is 0 Å². The van der Waals surface area contributed by atoms with E-state index in [0.29, 0.717) is 13.0 Å². The Balaban J connectivity index is 2.01. The summed E-state index contributed by atoms with van der Waals surface area (Å²) in [5.74, 6) is 0.208. The van der Waals surface area contributed by atoms with Crippen molar-refractivity contribution in [3.8, 4) is 0 Å². The van der Waals surface area contributed by atoms with E-state index < -0.39 is 0 Å². The van der Waals surface area contributed by atoms with Gasteiger partial charge in [-0.1, -0.05) is 12.1 Å². The third-order valence-electron chi connectivity index (χ3n) is 3.21. The van der Waals surface area contributed by atoms with Gasteiger partial charge in [0, 0.05) is 22.7 Å². The monoisotopic (exact) mass is 344 g/mol. The maximum absolute atomic E-state index is 12.2. The van der Waals surface area contributed by atoms with Crippen LogP contribution in [0.4, 0.5) is 0 Å². The molecule has 1 heterocycles. The molecule has 17 heavy (non-hydrogen) atoms. The zero-order valence-electron chi connectivity index (χ0n) is 9.73. The summed E-state index contributed by atoms with van der Waals surface area (Å²) in [6, 6.07) is 8.35. The maximum atomic E-state index is 12.2. The van der Waals surface area contributed by atoms with Crippen LogP contribution in [-0.2, 0) is 11.2 Å². The van der Waals surface area contributed by atoms with Crippen LogP contribution >= 0.6 is 22.6 Å². The first-order valence-corrected chi connectivity index (χ1v) is 7.02. The van der Waals surface area contributed by atoms with Gasteiger partial charge in [0.2, 0.25) is 5.91 Å². The van der Waals surface area contributed by atoms with Crippen LogP contribution in [0.2, 0.25) is 0 Å². The summed E-state index contributed by atoms with van der Waals surface area (Å²) in [6.45, 7) is 1.45. The van der Waals surface area contributed by atoms with Crippen LogP contribution < -0.4 is 5.73 Å². The predicted octanol–water partition coefficient (Wildman–Crippen LogP) is 1.78. The molecule has 1 aliphatic heterocycles. The first kappa shape index (κ1) is 12.8. The molecule has 92 valence electrons. The summed E-state index contributed by atoms with van der Waals surface area (Å²) < 4.78 is 1.17. The molecule has 1 atom stereocenters. The Kier molecular flexibility index (Phi) is 4.39. The molecule has 1 aliphatic rings. The summed E-state index contributed by atoms with van der Waals surface area (Å²) >= 11 is 2.27. The highest BCUT2D eigenvalue weighted by atomic mass is 127. The number of hydrogen-bond acceptors (Lipinski definition) is 2. The normalized spacial score (nSPS) is 19.6. The quantitative estimate of drug-likeness (QED) is 0.850. The Morgan fingerprint density at radius 2 is 2.35 bits per heavy atom. The molecule has 0 radical (unpaired) electrons. The SMILES string of the molecule is NCC1CCCN1C(=O)Cc1cccc(I)c1. The van der Waals surface area contributed by atoms with Crippen molar-refractivity contribution in [2.45, 2.75) is 25.3 Å². The number of amides is 1. The van der Waals surface area contributed by atoms with E-state index in [0.717, 1.165) is 24.9 Å². The Hall–Kier alpha value is -0.620. The molecular weight excluding hydrogens is 327 g/mol. The van der Waals surface area contributed by atoms with E-state index in [2.05, 4.69) is 28.7 Å². The third kappa shape index (κ3) is 3.19. The zero-order valence-corrected chi connectivity index (χ0v) is 11.9. The Bertz CT molecular complexity index is 408. The number of halogens is 1. The third-order valence-corrected chi connectivity index (χ3v) is 3.88. The number of rotatable bonds is 3. The number of carbonyl (C=O) groups excluding carboxylic acids is 1. The molecule has 1 saturated heterocycles. The highest BCUT2D eigenvalue weighted by Gasteiger charge is 2.27. The summed E-state index contributed by atoms with van der Waals surface area (Å²) in [7, 11) is 0. The average molecular weight is 344 g/mol. The van der Waals surface area contributed by atoms with E-state index in [1.54, 1.807) is 0 Å². The first-order valence-electron chi connectivity index (χ1n) is 5.94. The van der Waals surface area contributed by atoms with Crippen molar-refractivity contribution < 1.29 is 4.79 Å². The molecule has 0 aliphatic carbocycles. The number of hydrogen-bond donors (Lipinski definition) is 1. The fraction of sp³-hybridized carbons (Fsp3) is 0.462. The topological polar surface area (TPSA) is 46.3 Å². The van der Waals surface area contributed by atoms with E-state index in [9.17, 15) is 4.79 Å². The van der Waals surface area contributed by atoms with Crippen LogP contribution in [-0.4, -0.2) is 29.9 Å². The van der Waals surface area contributed by atoms with Gasteiger partial charge in [-0.05, 0) is 53.1 Å². The van der Waals surface area contributed by atoms with Crippen LogP contribution in [0.15, 0.2) is 24.3 Å². The molecule has 1 aromatic rings. The summed E-state index contributed by atoms with van der Waals surface area (Å²) in [5.41, 5.74) is 6.77. The highest BCUT2D eigenvalue weighted by Crippen LogP contribution is 2.18. The fourth-order valence-electron chi connectivity index (χ4n) is 2.33. The molecule has 4 heteroatoms. The predicted molar refractivity (Wildman–Crippen MR) is 76.7 cm³/mol. The largest absolute Gasteiger partial charge is 0.338 e. The molecule has 2 rings (SSSR count). The van der Waals surface area contributed by atoms with Crippen LogP contribution in [0.1, 0.15) is 18.4 Å². The minimum absolute atomic E-state index is 0.208. The van der Waals surface area contributed by atoms with Crippen LogP contribution in [0.5, 0.6) is 0 Å². The van der Waals surface area contributed by atoms with E-state index in [4.69, 9.17) is 5.73 Å². The number of likely N-dealkylation sites (tertiary alicyclic amines) is 1. The molecule has 1 fully saturated rings. The molecule has 1 unspecified atom stereocenters. The summed E-state index contributed by atoms with van der Waals surface area (Å²) in [6.07, 6.45) is 2.63. The van der Waals surface area contributed by atoms with Crippen molar-refractivity contribution in [1.82, 2.24) is 4.90 Å². The van der Waals surface area contributed by atoms with Gasteiger partial charge in [0.05, 0.1) is 6.42 Å². The second-order valence-corrected chi connectivity index (χ2v) is 5.67. The number of nitrogens with two attached hydrogens (primary N) is 1. The van der Waals surface area contributed by atoms with Crippen LogP contribution in [0.3, 0.4) is 0 Å². The van der Waals surface area contributed by atoms with E-state index in [1.165, 1.54) is 3.57 Å². The van der Waals surface area contributed by atoms with Gasteiger partial charge in [-0.3, -0.25) is 4.79 Å². The molecule has 0 spiro atoms. The lowest BCUT2D eigenvalue weighted by Crippen LogP contribution is -2.40. The van der Waals surface area contributed by atoms with E-state index in [-0.39, 0.29) is 11.9 Å². The minimum atomic E-state index is 0.208. The number of carbonyl (C=O) groups is 1. The highest BCUT2D eigenvalue weighted by molar-refractivity contribution is 14.1. The fourth-order valence-corrected chi connectivity index (χ4v) is 2.94. The van der Waals surface area contributed by atoms with Gasteiger partial charge in [-0.2, -0.15) is 0 Å². The average Bonchev–Trinajstić information content (AvgIpc) is 2.77. The van der Waals surface area contributed by atoms with Gasteiger partial charge in [0.15, 0.2) is 0 Å².